The fraction of sp³-hybridized carbons (Fsp3) is 0.118. The first kappa shape index (κ1) is 17.5. The van der Waals surface area contributed by atoms with Crippen LogP contribution in [0.4, 0.5) is 5.69 Å². The average molecular weight is 389 g/mol. The van der Waals surface area contributed by atoms with Gasteiger partial charge in [0.25, 0.3) is 5.91 Å². The van der Waals surface area contributed by atoms with Crippen LogP contribution in [-0.2, 0) is 20.7 Å². The standard InChI is InChI=1S/C17H13BrN2O4/c18-15-7-5-14(24-15)6-8-17(22)23-11-16(21)20-13-3-1-12(2-4-13)9-10-19/h1-8H,9,11H2,(H,20,21)/b8-6+. The zero-order valence-electron chi connectivity index (χ0n) is 12.5. The Labute approximate surface area is 146 Å². The molecule has 1 N–H and O–H groups in total. The number of nitriles is 1. The second-order valence-electron chi connectivity index (χ2n) is 4.66. The summed E-state index contributed by atoms with van der Waals surface area (Å²) in [5.74, 6) is -0.617. The third kappa shape index (κ3) is 5.74. The summed E-state index contributed by atoms with van der Waals surface area (Å²) in [6.07, 6.45) is 2.93. The predicted octanol–water partition coefficient (Wildman–Crippen LogP) is 3.30. The maximum absolute atomic E-state index is 11.7. The van der Waals surface area contributed by atoms with Gasteiger partial charge in [0.1, 0.15) is 5.76 Å². The van der Waals surface area contributed by atoms with E-state index in [1.807, 2.05) is 6.07 Å². The molecule has 0 aliphatic rings. The number of hydrogen-bond acceptors (Lipinski definition) is 5. The van der Waals surface area contributed by atoms with Gasteiger partial charge in [-0.25, -0.2) is 4.79 Å². The summed E-state index contributed by atoms with van der Waals surface area (Å²) in [6, 6.07) is 12.3. The van der Waals surface area contributed by atoms with E-state index >= 15 is 0 Å². The van der Waals surface area contributed by atoms with Gasteiger partial charge in [-0.2, -0.15) is 5.26 Å². The Balaban J connectivity index is 1.77. The lowest BCUT2D eigenvalue weighted by atomic mass is 10.1. The number of carbonyl (C=O) groups excluding carboxylic acids is 2. The van der Waals surface area contributed by atoms with Crippen LogP contribution in [0.25, 0.3) is 6.08 Å². The number of carbonyl (C=O) groups is 2. The van der Waals surface area contributed by atoms with Crippen LogP contribution in [0.2, 0.25) is 0 Å². The van der Waals surface area contributed by atoms with Gasteiger partial charge in [-0.05, 0) is 51.8 Å². The summed E-state index contributed by atoms with van der Waals surface area (Å²) in [4.78, 5) is 23.2. The molecule has 1 aromatic carbocycles. The third-order valence-corrected chi connectivity index (χ3v) is 3.27. The van der Waals surface area contributed by atoms with Gasteiger partial charge in [-0.15, -0.1) is 0 Å². The third-order valence-electron chi connectivity index (χ3n) is 2.84. The Bertz CT molecular complexity index is 788. The van der Waals surface area contributed by atoms with Crippen molar-refractivity contribution in [3.8, 4) is 6.07 Å². The van der Waals surface area contributed by atoms with Gasteiger partial charge in [0.15, 0.2) is 11.3 Å². The van der Waals surface area contributed by atoms with Crippen LogP contribution < -0.4 is 5.32 Å². The van der Waals surface area contributed by atoms with Crippen LogP contribution in [0, 0.1) is 11.3 Å². The average Bonchev–Trinajstić information content (AvgIpc) is 2.98. The number of esters is 1. The lowest BCUT2D eigenvalue weighted by Crippen LogP contribution is -2.20. The van der Waals surface area contributed by atoms with E-state index in [9.17, 15) is 9.59 Å². The molecule has 0 atom stereocenters. The monoisotopic (exact) mass is 388 g/mol. The van der Waals surface area contributed by atoms with Gasteiger partial charge < -0.3 is 14.5 Å². The maximum Gasteiger partial charge on any atom is 0.331 e. The molecule has 0 bridgehead atoms. The van der Waals surface area contributed by atoms with Gasteiger partial charge in [-0.3, -0.25) is 4.79 Å². The molecule has 24 heavy (non-hydrogen) atoms. The van der Waals surface area contributed by atoms with Crippen molar-refractivity contribution in [2.45, 2.75) is 6.42 Å². The van der Waals surface area contributed by atoms with E-state index in [2.05, 4.69) is 21.2 Å². The smallest absolute Gasteiger partial charge is 0.331 e. The number of ether oxygens (including phenoxy) is 1. The lowest BCUT2D eigenvalue weighted by molar-refractivity contribution is -0.142. The fourth-order valence-electron chi connectivity index (χ4n) is 1.75. The van der Waals surface area contributed by atoms with E-state index in [0.717, 1.165) is 5.56 Å². The van der Waals surface area contributed by atoms with Crippen LogP contribution in [0.15, 0.2) is 51.6 Å². The second-order valence-corrected chi connectivity index (χ2v) is 5.44. The zero-order chi connectivity index (χ0) is 17.4. The van der Waals surface area contributed by atoms with Crippen molar-refractivity contribution in [1.29, 1.82) is 5.26 Å². The second kappa shape index (κ2) is 8.70. The van der Waals surface area contributed by atoms with E-state index in [0.29, 0.717) is 22.5 Å². The van der Waals surface area contributed by atoms with Crippen molar-refractivity contribution in [2.24, 2.45) is 0 Å². The highest BCUT2D eigenvalue weighted by Gasteiger charge is 2.06. The fourth-order valence-corrected chi connectivity index (χ4v) is 2.07. The maximum atomic E-state index is 11.7. The molecule has 0 spiro atoms. The topological polar surface area (TPSA) is 92.3 Å². The Hall–Kier alpha value is -2.85. The molecule has 0 fully saturated rings. The van der Waals surface area contributed by atoms with Gasteiger partial charge in [0.2, 0.25) is 0 Å². The molecule has 2 aromatic rings. The Kier molecular flexibility index (Phi) is 6.34. The molecule has 1 aromatic heterocycles. The first-order chi connectivity index (χ1) is 11.6. The number of hydrogen-bond donors (Lipinski definition) is 1. The molecule has 0 aliphatic heterocycles. The first-order valence-electron chi connectivity index (χ1n) is 6.93. The summed E-state index contributed by atoms with van der Waals surface area (Å²) in [6.45, 7) is -0.398. The van der Waals surface area contributed by atoms with Gasteiger partial charge in [0.05, 0.1) is 12.5 Å². The molecular formula is C17H13BrN2O4. The Morgan fingerprint density at radius 2 is 2.00 bits per heavy atom. The number of anilines is 1. The van der Waals surface area contributed by atoms with Crippen molar-refractivity contribution in [3.63, 3.8) is 0 Å². The van der Waals surface area contributed by atoms with Crippen LogP contribution in [0.1, 0.15) is 11.3 Å². The molecule has 0 saturated carbocycles. The van der Waals surface area contributed by atoms with E-state index in [1.54, 1.807) is 36.4 Å². The number of halogens is 1. The van der Waals surface area contributed by atoms with Gasteiger partial charge in [0, 0.05) is 11.8 Å². The predicted molar refractivity (Wildman–Crippen MR) is 90.8 cm³/mol. The highest BCUT2D eigenvalue weighted by Crippen LogP contribution is 2.15. The van der Waals surface area contributed by atoms with Gasteiger partial charge in [-0.1, -0.05) is 12.1 Å². The SMILES string of the molecule is N#CCc1ccc(NC(=O)COC(=O)/C=C/c2ccc(Br)o2)cc1. The highest BCUT2D eigenvalue weighted by molar-refractivity contribution is 9.10. The van der Waals surface area contributed by atoms with Gasteiger partial charge >= 0.3 is 5.97 Å². The van der Waals surface area contributed by atoms with Crippen molar-refractivity contribution in [1.82, 2.24) is 0 Å². The molecule has 0 radical (unpaired) electrons. The molecule has 0 saturated heterocycles. The summed E-state index contributed by atoms with van der Waals surface area (Å²) >= 11 is 3.15. The molecule has 7 heteroatoms. The molecule has 2 rings (SSSR count). The summed E-state index contributed by atoms with van der Waals surface area (Å²) < 4.78 is 10.6. The number of furan rings is 1. The molecule has 1 amide bonds. The highest BCUT2D eigenvalue weighted by atomic mass is 79.9. The van der Waals surface area contributed by atoms with E-state index in [-0.39, 0.29) is 0 Å². The van der Waals surface area contributed by atoms with Crippen LogP contribution >= 0.6 is 15.9 Å². The van der Waals surface area contributed by atoms with Crippen molar-refractivity contribution in [3.05, 3.63) is 58.5 Å². The zero-order valence-corrected chi connectivity index (χ0v) is 14.1. The quantitative estimate of drug-likeness (QED) is 0.605. The summed E-state index contributed by atoms with van der Waals surface area (Å²) in [5, 5.41) is 11.2. The minimum absolute atomic E-state index is 0.310. The molecule has 0 aliphatic carbocycles. The van der Waals surface area contributed by atoms with Crippen LogP contribution in [0.3, 0.4) is 0 Å². The number of nitrogens with one attached hydrogen (secondary N) is 1. The molecule has 122 valence electrons. The van der Waals surface area contributed by atoms with E-state index in [4.69, 9.17) is 14.4 Å². The Morgan fingerprint density at radius 3 is 2.62 bits per heavy atom. The van der Waals surface area contributed by atoms with Crippen LogP contribution in [-0.4, -0.2) is 18.5 Å². The normalized spacial score (nSPS) is 10.3. The number of benzene rings is 1. The molecule has 1 heterocycles. The Morgan fingerprint density at radius 1 is 1.25 bits per heavy atom. The van der Waals surface area contributed by atoms with Crippen molar-refractivity contribution < 1.29 is 18.7 Å². The van der Waals surface area contributed by atoms with Crippen molar-refractivity contribution in [2.75, 3.05) is 11.9 Å². The first-order valence-corrected chi connectivity index (χ1v) is 7.72. The number of amides is 1. The van der Waals surface area contributed by atoms with Crippen LogP contribution in [0.5, 0.6) is 0 Å². The van der Waals surface area contributed by atoms with E-state index in [1.165, 1.54) is 12.2 Å². The summed E-state index contributed by atoms with van der Waals surface area (Å²) in [5.41, 5.74) is 1.42. The molecule has 0 unspecified atom stereocenters. The minimum Gasteiger partial charge on any atom is -0.452 e. The lowest BCUT2D eigenvalue weighted by Gasteiger charge is -2.05. The molecule has 6 nitrogen and oxygen atoms in total. The van der Waals surface area contributed by atoms with Crippen molar-refractivity contribution >= 4 is 39.6 Å². The number of nitrogens with zero attached hydrogens (tertiary/aromatic N) is 1. The van der Waals surface area contributed by atoms with E-state index < -0.39 is 18.5 Å². The molecular weight excluding hydrogens is 376 g/mol. The minimum atomic E-state index is -0.651. The summed E-state index contributed by atoms with van der Waals surface area (Å²) in [7, 11) is 0. The largest absolute Gasteiger partial charge is 0.452 e. The number of rotatable bonds is 6.